The zero-order chi connectivity index (χ0) is 19.9. The second-order valence-corrected chi connectivity index (χ2v) is 7.48. The summed E-state index contributed by atoms with van der Waals surface area (Å²) in [6, 6.07) is 15.8. The Kier molecular flexibility index (Phi) is 4.46. The highest BCUT2D eigenvalue weighted by molar-refractivity contribution is 5.89. The van der Waals surface area contributed by atoms with E-state index in [1.807, 2.05) is 44.2 Å². The van der Waals surface area contributed by atoms with Gasteiger partial charge in [-0.25, -0.2) is 0 Å². The van der Waals surface area contributed by atoms with Crippen molar-refractivity contribution < 1.29 is 9.47 Å². The van der Waals surface area contributed by atoms with Crippen molar-refractivity contribution in [2.45, 2.75) is 51.4 Å². The minimum Gasteiger partial charge on any atom is -0.448 e. The Morgan fingerprint density at radius 2 is 1.78 bits per heavy atom. The van der Waals surface area contributed by atoms with Gasteiger partial charge in [0.05, 0.1) is 24.1 Å². The number of nitrogens with one attached hydrogen (secondary N) is 1. The topological polar surface area (TPSA) is 114 Å². The van der Waals surface area contributed by atoms with E-state index in [0.717, 1.165) is 12.0 Å². The number of fused-ring (bicyclic) bond motifs is 2. The van der Waals surface area contributed by atoms with Gasteiger partial charge < -0.3 is 9.47 Å². The van der Waals surface area contributed by atoms with Crippen LogP contribution in [0.15, 0.2) is 30.3 Å². The Morgan fingerprint density at radius 1 is 1.15 bits per heavy atom. The van der Waals surface area contributed by atoms with Crippen LogP contribution in [0.5, 0.6) is 0 Å². The molecule has 0 aliphatic carbocycles. The molecule has 5 unspecified atom stereocenters. The van der Waals surface area contributed by atoms with Crippen LogP contribution < -0.4 is 0 Å². The molecule has 1 aromatic rings. The van der Waals surface area contributed by atoms with E-state index in [2.05, 4.69) is 18.2 Å². The average Bonchev–Trinajstić information content (AvgIpc) is 2.85. The van der Waals surface area contributed by atoms with Gasteiger partial charge in [-0.3, -0.25) is 5.41 Å². The SMILES string of the molecule is CCCC1C2(C)OC(=N)C1(C#N)C(C#N)(C#N)C(C(C)c1ccccc1)O2. The van der Waals surface area contributed by atoms with Gasteiger partial charge in [-0.2, -0.15) is 15.8 Å². The predicted octanol–water partition coefficient (Wildman–Crippen LogP) is 3.87. The molecule has 0 aromatic heterocycles. The quantitative estimate of drug-likeness (QED) is 0.873. The normalized spacial score (nSPS) is 34.6. The molecule has 5 atom stereocenters. The highest BCUT2D eigenvalue weighted by atomic mass is 16.7. The van der Waals surface area contributed by atoms with E-state index in [1.54, 1.807) is 6.92 Å². The Balaban J connectivity index is 2.25. The number of hydrogen-bond acceptors (Lipinski definition) is 6. The minimum absolute atomic E-state index is 0.336. The fourth-order valence-electron chi connectivity index (χ4n) is 4.75. The van der Waals surface area contributed by atoms with E-state index in [1.165, 1.54) is 0 Å². The number of rotatable bonds is 4. The van der Waals surface area contributed by atoms with Crippen LogP contribution >= 0.6 is 0 Å². The molecular formula is C21H22N4O2. The van der Waals surface area contributed by atoms with Crippen molar-refractivity contribution in [2.24, 2.45) is 16.7 Å². The fraction of sp³-hybridized carbons (Fsp3) is 0.524. The summed E-state index contributed by atoms with van der Waals surface area (Å²) in [5, 5.41) is 38.9. The standard InChI is InChI=1S/C21H22N4O2/c1-4-8-16-19(3)26-17(14(2)15-9-6-5-7-10-15)20(11-22,12-23)21(16,13-24)18(25)27-19/h5-7,9-10,14,16-17,25H,4,8H2,1-3H3. The van der Waals surface area contributed by atoms with E-state index in [4.69, 9.17) is 14.9 Å². The van der Waals surface area contributed by atoms with Crippen LogP contribution in [0.25, 0.3) is 0 Å². The summed E-state index contributed by atoms with van der Waals surface area (Å²) in [5.41, 5.74) is -2.61. The molecule has 6 heteroatoms. The van der Waals surface area contributed by atoms with Crippen molar-refractivity contribution in [2.75, 3.05) is 0 Å². The van der Waals surface area contributed by atoms with Crippen molar-refractivity contribution in [1.82, 2.24) is 0 Å². The van der Waals surface area contributed by atoms with Crippen LogP contribution in [0.2, 0.25) is 0 Å². The number of benzene rings is 1. The summed E-state index contributed by atoms with van der Waals surface area (Å²) in [4.78, 5) is 0. The maximum Gasteiger partial charge on any atom is 0.214 e. The largest absolute Gasteiger partial charge is 0.448 e. The molecule has 2 bridgehead atoms. The van der Waals surface area contributed by atoms with E-state index >= 15 is 0 Å². The first-order chi connectivity index (χ1) is 12.9. The first-order valence-electron chi connectivity index (χ1n) is 9.11. The number of hydrogen-bond donors (Lipinski definition) is 1. The summed E-state index contributed by atoms with van der Waals surface area (Å²) in [7, 11) is 0. The molecule has 2 saturated heterocycles. The van der Waals surface area contributed by atoms with Crippen molar-refractivity contribution in [3.8, 4) is 18.2 Å². The van der Waals surface area contributed by atoms with E-state index in [9.17, 15) is 15.8 Å². The van der Waals surface area contributed by atoms with Gasteiger partial charge in [0.1, 0.15) is 6.10 Å². The lowest BCUT2D eigenvalue weighted by Crippen LogP contribution is -2.63. The summed E-state index contributed by atoms with van der Waals surface area (Å²) < 4.78 is 12.0. The summed E-state index contributed by atoms with van der Waals surface area (Å²) >= 11 is 0. The van der Waals surface area contributed by atoms with E-state index in [0.29, 0.717) is 6.42 Å². The minimum atomic E-state index is -1.84. The second kappa shape index (κ2) is 6.38. The molecule has 2 heterocycles. The van der Waals surface area contributed by atoms with Crippen LogP contribution in [0, 0.1) is 56.2 Å². The van der Waals surface area contributed by atoms with Crippen molar-refractivity contribution in [1.29, 1.82) is 21.2 Å². The maximum atomic E-state index is 10.2. The van der Waals surface area contributed by atoms with Gasteiger partial charge in [0.25, 0.3) is 0 Å². The van der Waals surface area contributed by atoms with Gasteiger partial charge >= 0.3 is 0 Å². The third kappa shape index (κ3) is 2.22. The number of nitrogens with zero attached hydrogens (tertiary/aromatic N) is 3. The second-order valence-electron chi connectivity index (χ2n) is 7.48. The zero-order valence-corrected chi connectivity index (χ0v) is 15.7. The maximum absolute atomic E-state index is 10.2. The van der Waals surface area contributed by atoms with Crippen LogP contribution in [0.3, 0.4) is 0 Å². The Hall–Kier alpha value is -2.88. The Morgan fingerprint density at radius 3 is 2.30 bits per heavy atom. The number of nitriles is 3. The molecule has 1 aromatic carbocycles. The first-order valence-corrected chi connectivity index (χ1v) is 9.11. The third-order valence-electron chi connectivity index (χ3n) is 6.11. The van der Waals surface area contributed by atoms with Gasteiger partial charge in [-0.05, 0) is 12.0 Å². The molecule has 2 aliphatic heterocycles. The molecule has 0 amide bonds. The molecule has 0 spiro atoms. The molecule has 6 nitrogen and oxygen atoms in total. The van der Waals surface area contributed by atoms with Crippen LogP contribution in [-0.4, -0.2) is 17.8 Å². The van der Waals surface area contributed by atoms with Crippen LogP contribution in [0.1, 0.15) is 45.1 Å². The molecule has 0 radical (unpaired) electrons. The van der Waals surface area contributed by atoms with Gasteiger partial charge in [0.15, 0.2) is 10.8 Å². The van der Waals surface area contributed by atoms with Crippen molar-refractivity contribution in [3.63, 3.8) is 0 Å². The smallest absolute Gasteiger partial charge is 0.214 e. The summed E-state index contributed by atoms with van der Waals surface area (Å²) in [6.07, 6.45) is 0.329. The fourth-order valence-corrected chi connectivity index (χ4v) is 4.75. The summed E-state index contributed by atoms with van der Waals surface area (Å²) in [6.45, 7) is 5.54. The van der Waals surface area contributed by atoms with Gasteiger partial charge in [-0.15, -0.1) is 0 Å². The van der Waals surface area contributed by atoms with Crippen molar-refractivity contribution in [3.05, 3.63) is 35.9 Å². The van der Waals surface area contributed by atoms with E-state index in [-0.39, 0.29) is 11.8 Å². The van der Waals surface area contributed by atoms with Gasteiger partial charge in [0, 0.05) is 12.8 Å². The van der Waals surface area contributed by atoms with E-state index < -0.39 is 28.6 Å². The lowest BCUT2D eigenvalue weighted by Gasteiger charge is -2.50. The Bertz CT molecular complexity index is 864. The molecule has 0 saturated carbocycles. The lowest BCUT2D eigenvalue weighted by atomic mass is 9.52. The van der Waals surface area contributed by atoms with Crippen LogP contribution in [-0.2, 0) is 9.47 Å². The predicted molar refractivity (Wildman–Crippen MR) is 97.0 cm³/mol. The highest BCUT2D eigenvalue weighted by Gasteiger charge is 2.79. The highest BCUT2D eigenvalue weighted by Crippen LogP contribution is 2.65. The molecule has 2 fully saturated rings. The molecule has 3 rings (SSSR count). The van der Waals surface area contributed by atoms with Gasteiger partial charge in [0.2, 0.25) is 11.7 Å². The number of ether oxygens (including phenoxy) is 2. The lowest BCUT2D eigenvalue weighted by molar-refractivity contribution is -0.274. The van der Waals surface area contributed by atoms with Gasteiger partial charge in [-0.1, -0.05) is 50.6 Å². The molecular weight excluding hydrogens is 340 g/mol. The Labute approximate surface area is 159 Å². The summed E-state index contributed by atoms with van der Waals surface area (Å²) in [5.74, 6) is -2.45. The molecule has 138 valence electrons. The molecule has 2 aliphatic rings. The molecule has 27 heavy (non-hydrogen) atoms. The molecule has 1 N–H and O–H groups in total. The zero-order valence-electron chi connectivity index (χ0n) is 15.7. The first kappa shape index (κ1) is 18.9. The monoisotopic (exact) mass is 362 g/mol. The third-order valence-corrected chi connectivity index (χ3v) is 6.11. The average molecular weight is 362 g/mol. The van der Waals surface area contributed by atoms with Crippen LogP contribution in [0.4, 0.5) is 0 Å². The van der Waals surface area contributed by atoms with Crippen molar-refractivity contribution >= 4 is 5.90 Å².